The SMILES string of the molecule is O=C(NCC1(O)CCCCC1)C(=O)Nc1cccc2ccccc12. The number of nitrogens with one attached hydrogen (secondary N) is 2. The lowest BCUT2D eigenvalue weighted by atomic mass is 9.85. The van der Waals surface area contributed by atoms with Crippen LogP contribution in [-0.4, -0.2) is 29.1 Å². The average Bonchev–Trinajstić information content (AvgIpc) is 2.60. The Labute approximate surface area is 141 Å². The molecule has 126 valence electrons. The summed E-state index contributed by atoms with van der Waals surface area (Å²) in [4.78, 5) is 24.2. The number of carbonyl (C=O) groups is 2. The molecule has 24 heavy (non-hydrogen) atoms. The summed E-state index contributed by atoms with van der Waals surface area (Å²) in [6.45, 7) is 0.120. The Morgan fingerprint density at radius 2 is 1.67 bits per heavy atom. The second-order valence-electron chi connectivity index (χ2n) is 6.45. The van der Waals surface area contributed by atoms with E-state index in [1.54, 1.807) is 6.07 Å². The molecule has 1 saturated carbocycles. The van der Waals surface area contributed by atoms with Crippen LogP contribution in [0.5, 0.6) is 0 Å². The van der Waals surface area contributed by atoms with Gasteiger partial charge in [-0.3, -0.25) is 9.59 Å². The van der Waals surface area contributed by atoms with E-state index in [0.717, 1.165) is 30.0 Å². The lowest BCUT2D eigenvalue weighted by Gasteiger charge is -2.31. The van der Waals surface area contributed by atoms with Gasteiger partial charge in [-0.25, -0.2) is 0 Å². The Balaban J connectivity index is 1.62. The van der Waals surface area contributed by atoms with Crippen LogP contribution < -0.4 is 10.6 Å². The molecule has 5 nitrogen and oxygen atoms in total. The Hall–Kier alpha value is -2.40. The van der Waals surface area contributed by atoms with Crippen LogP contribution in [-0.2, 0) is 9.59 Å². The molecule has 5 heteroatoms. The number of carbonyl (C=O) groups excluding carboxylic acids is 2. The Kier molecular flexibility index (Phi) is 4.81. The van der Waals surface area contributed by atoms with Crippen molar-refractivity contribution < 1.29 is 14.7 Å². The number of hydrogen-bond acceptors (Lipinski definition) is 3. The van der Waals surface area contributed by atoms with Gasteiger partial charge in [-0.15, -0.1) is 0 Å². The van der Waals surface area contributed by atoms with Crippen LogP contribution in [0.4, 0.5) is 5.69 Å². The van der Waals surface area contributed by atoms with Gasteiger partial charge >= 0.3 is 11.8 Å². The van der Waals surface area contributed by atoms with Gasteiger partial charge in [0.05, 0.1) is 5.60 Å². The van der Waals surface area contributed by atoms with Crippen molar-refractivity contribution in [3.8, 4) is 0 Å². The van der Waals surface area contributed by atoms with Crippen LogP contribution in [0.25, 0.3) is 10.8 Å². The Bertz CT molecular complexity index is 746. The summed E-state index contributed by atoms with van der Waals surface area (Å²) >= 11 is 0. The van der Waals surface area contributed by atoms with Crippen molar-refractivity contribution in [2.45, 2.75) is 37.7 Å². The summed E-state index contributed by atoms with van der Waals surface area (Å²) in [5.41, 5.74) is -0.280. The molecule has 0 atom stereocenters. The molecule has 0 saturated heterocycles. The summed E-state index contributed by atoms with van der Waals surface area (Å²) in [5, 5.41) is 17.5. The van der Waals surface area contributed by atoms with Gasteiger partial charge < -0.3 is 15.7 Å². The summed E-state index contributed by atoms with van der Waals surface area (Å²) in [6, 6.07) is 13.2. The highest BCUT2D eigenvalue weighted by molar-refractivity contribution is 6.40. The van der Waals surface area contributed by atoms with E-state index in [1.165, 1.54) is 0 Å². The number of aliphatic hydroxyl groups is 1. The van der Waals surface area contributed by atoms with Gasteiger partial charge in [0.2, 0.25) is 0 Å². The second kappa shape index (κ2) is 7.01. The van der Waals surface area contributed by atoms with Crippen molar-refractivity contribution in [2.75, 3.05) is 11.9 Å². The second-order valence-corrected chi connectivity index (χ2v) is 6.45. The molecule has 0 heterocycles. The number of anilines is 1. The van der Waals surface area contributed by atoms with Gasteiger partial charge in [-0.2, -0.15) is 0 Å². The minimum atomic E-state index is -0.881. The molecular weight excluding hydrogens is 304 g/mol. The van der Waals surface area contributed by atoms with E-state index in [4.69, 9.17) is 0 Å². The Morgan fingerprint density at radius 3 is 2.46 bits per heavy atom. The molecule has 0 bridgehead atoms. The van der Waals surface area contributed by atoms with Crippen molar-refractivity contribution in [1.82, 2.24) is 5.32 Å². The highest BCUT2D eigenvalue weighted by Crippen LogP contribution is 2.27. The van der Waals surface area contributed by atoms with E-state index in [0.29, 0.717) is 18.5 Å². The van der Waals surface area contributed by atoms with Gasteiger partial charge in [0.25, 0.3) is 0 Å². The van der Waals surface area contributed by atoms with Crippen molar-refractivity contribution >= 4 is 28.3 Å². The Morgan fingerprint density at radius 1 is 0.958 bits per heavy atom. The third-order valence-corrected chi connectivity index (χ3v) is 4.61. The fourth-order valence-corrected chi connectivity index (χ4v) is 3.23. The third kappa shape index (κ3) is 3.74. The fourth-order valence-electron chi connectivity index (χ4n) is 3.23. The lowest BCUT2D eigenvalue weighted by Crippen LogP contribution is -2.47. The summed E-state index contributed by atoms with van der Waals surface area (Å²) in [6.07, 6.45) is 4.34. The molecule has 3 rings (SSSR count). The molecule has 1 aliphatic carbocycles. The molecule has 2 aromatic carbocycles. The largest absolute Gasteiger partial charge is 0.388 e. The fraction of sp³-hybridized carbons (Fsp3) is 0.368. The van der Waals surface area contributed by atoms with Gasteiger partial charge in [0, 0.05) is 17.6 Å². The van der Waals surface area contributed by atoms with Gasteiger partial charge in [-0.1, -0.05) is 55.7 Å². The zero-order valence-electron chi connectivity index (χ0n) is 13.5. The number of benzene rings is 2. The molecule has 0 unspecified atom stereocenters. The van der Waals surface area contributed by atoms with Crippen molar-refractivity contribution in [1.29, 1.82) is 0 Å². The normalized spacial score (nSPS) is 16.5. The minimum absolute atomic E-state index is 0.120. The zero-order chi connectivity index (χ0) is 17.0. The van der Waals surface area contributed by atoms with Crippen LogP contribution in [0.2, 0.25) is 0 Å². The molecule has 2 aromatic rings. The predicted octanol–water partition coefficient (Wildman–Crippen LogP) is 2.59. The van der Waals surface area contributed by atoms with E-state index in [-0.39, 0.29) is 6.54 Å². The van der Waals surface area contributed by atoms with E-state index in [2.05, 4.69) is 10.6 Å². The summed E-state index contributed by atoms with van der Waals surface area (Å²) in [5.74, 6) is -1.44. The number of hydrogen-bond donors (Lipinski definition) is 3. The minimum Gasteiger partial charge on any atom is -0.388 e. The number of rotatable bonds is 3. The lowest BCUT2D eigenvalue weighted by molar-refractivity contribution is -0.137. The average molecular weight is 326 g/mol. The standard InChI is InChI=1S/C19H22N2O3/c22-17(20-13-19(24)11-4-1-5-12-19)18(23)21-16-10-6-8-14-7-2-3-9-15(14)16/h2-3,6-10,24H,1,4-5,11-13H2,(H,20,22)(H,21,23). The molecule has 0 spiro atoms. The van der Waals surface area contributed by atoms with E-state index in [1.807, 2.05) is 36.4 Å². The molecule has 0 aliphatic heterocycles. The monoisotopic (exact) mass is 326 g/mol. The zero-order valence-corrected chi connectivity index (χ0v) is 13.5. The predicted molar refractivity (Wildman–Crippen MR) is 93.6 cm³/mol. The smallest absolute Gasteiger partial charge is 0.313 e. The van der Waals surface area contributed by atoms with E-state index < -0.39 is 17.4 Å². The van der Waals surface area contributed by atoms with Gasteiger partial charge in [-0.05, 0) is 24.3 Å². The topological polar surface area (TPSA) is 78.4 Å². The molecule has 1 fully saturated rings. The summed E-state index contributed by atoms with van der Waals surface area (Å²) in [7, 11) is 0. The van der Waals surface area contributed by atoms with E-state index in [9.17, 15) is 14.7 Å². The van der Waals surface area contributed by atoms with Crippen molar-refractivity contribution in [3.63, 3.8) is 0 Å². The highest BCUT2D eigenvalue weighted by atomic mass is 16.3. The maximum absolute atomic E-state index is 12.1. The van der Waals surface area contributed by atoms with Crippen LogP contribution in [0, 0.1) is 0 Å². The van der Waals surface area contributed by atoms with E-state index >= 15 is 0 Å². The highest BCUT2D eigenvalue weighted by Gasteiger charge is 2.30. The first-order valence-corrected chi connectivity index (χ1v) is 8.37. The van der Waals surface area contributed by atoms with Crippen LogP contribution in [0.3, 0.4) is 0 Å². The molecule has 1 aliphatic rings. The molecule has 3 N–H and O–H groups in total. The first kappa shape index (κ1) is 16.5. The maximum atomic E-state index is 12.1. The third-order valence-electron chi connectivity index (χ3n) is 4.61. The first-order chi connectivity index (χ1) is 11.6. The first-order valence-electron chi connectivity index (χ1n) is 8.37. The molecule has 2 amide bonds. The van der Waals surface area contributed by atoms with Gasteiger partial charge in [0.1, 0.15) is 0 Å². The molecule has 0 aromatic heterocycles. The van der Waals surface area contributed by atoms with Crippen molar-refractivity contribution in [2.24, 2.45) is 0 Å². The van der Waals surface area contributed by atoms with Crippen LogP contribution in [0.1, 0.15) is 32.1 Å². The maximum Gasteiger partial charge on any atom is 0.313 e. The summed E-state index contributed by atoms with van der Waals surface area (Å²) < 4.78 is 0. The van der Waals surface area contributed by atoms with Crippen LogP contribution >= 0.6 is 0 Å². The number of fused-ring (bicyclic) bond motifs is 1. The van der Waals surface area contributed by atoms with Gasteiger partial charge in [0.15, 0.2) is 0 Å². The number of amides is 2. The van der Waals surface area contributed by atoms with Crippen LogP contribution in [0.15, 0.2) is 42.5 Å². The van der Waals surface area contributed by atoms with Crippen molar-refractivity contribution in [3.05, 3.63) is 42.5 Å². The molecule has 0 radical (unpaired) electrons. The quantitative estimate of drug-likeness (QED) is 0.759. The molecular formula is C19H22N2O3.